The van der Waals surface area contributed by atoms with Crippen molar-refractivity contribution in [1.82, 2.24) is 15.3 Å². The van der Waals surface area contributed by atoms with Crippen molar-refractivity contribution < 1.29 is 33.6 Å². The summed E-state index contributed by atoms with van der Waals surface area (Å²) in [4.78, 5) is 19.9. The number of carbonyl (C=O) groups is 1. The maximum absolute atomic E-state index is 12.6. The number of alkyl carbamates (subject to hydrolysis) is 1. The second kappa shape index (κ2) is 14.7. The number of aromatic nitrogens is 1. The van der Waals surface area contributed by atoms with Crippen LogP contribution in [0.15, 0.2) is 107 Å². The summed E-state index contributed by atoms with van der Waals surface area (Å²) in [6, 6.07) is 32.7. The minimum Gasteiger partial charge on any atom is -0.691 e. The Kier molecular flexibility index (Phi) is 10.1. The molecule has 1 amide bonds. The number of quaternary nitrogens is 1. The molecule has 2 spiro atoms. The number of hydrogen-bond donors (Lipinski definition) is 2. The molecule has 10 nitrogen and oxygen atoms in total. The summed E-state index contributed by atoms with van der Waals surface area (Å²) in [6.45, 7) is 4.18. The zero-order chi connectivity index (χ0) is 35.8. The van der Waals surface area contributed by atoms with E-state index < -0.39 is 17.4 Å². The van der Waals surface area contributed by atoms with Gasteiger partial charge in [-0.25, -0.2) is 9.28 Å². The van der Waals surface area contributed by atoms with E-state index in [0.717, 1.165) is 67.8 Å². The van der Waals surface area contributed by atoms with E-state index in [2.05, 4.69) is 92.3 Å². The van der Waals surface area contributed by atoms with Gasteiger partial charge in [-0.3, -0.25) is 9.88 Å². The Hall–Kier alpha value is -3.47. The molecule has 0 radical (unpaired) electrons. The van der Waals surface area contributed by atoms with Gasteiger partial charge in [-0.05, 0) is 53.6 Å². The highest BCUT2D eigenvalue weighted by Crippen LogP contribution is 2.69. The molecule has 8 rings (SSSR count). The number of nitrogens with zero attached hydrogens (tertiary/aromatic N) is 2. The maximum atomic E-state index is 12.6. The van der Waals surface area contributed by atoms with Gasteiger partial charge in [0.1, 0.15) is 11.3 Å². The zero-order valence-corrected chi connectivity index (χ0v) is 31.4. The predicted molar refractivity (Wildman–Crippen MR) is 203 cm³/mol. The van der Waals surface area contributed by atoms with Crippen molar-refractivity contribution in [3.05, 3.63) is 118 Å². The highest BCUT2D eigenvalue weighted by Gasteiger charge is 2.88. The predicted octanol–water partition coefficient (Wildman–Crippen LogP) is 7.50. The fourth-order valence-corrected chi connectivity index (χ4v) is 10.4. The molecule has 2 N–H and O–H groups in total. The van der Waals surface area contributed by atoms with E-state index in [9.17, 15) is 10.1 Å². The summed E-state index contributed by atoms with van der Waals surface area (Å²) < 4.78 is 14.1. The number of fused-ring (bicyclic) bond motifs is 4. The molecule has 52 heavy (non-hydrogen) atoms. The summed E-state index contributed by atoms with van der Waals surface area (Å²) in [6.07, 6.45) is 3.19. The van der Waals surface area contributed by atoms with Crippen LogP contribution in [0.1, 0.15) is 30.3 Å². The number of amides is 1. The van der Waals surface area contributed by atoms with E-state index in [0.29, 0.717) is 34.8 Å². The Morgan fingerprint density at radius 2 is 1.90 bits per heavy atom. The number of ether oxygens (including phenoxy) is 1. The van der Waals surface area contributed by atoms with Gasteiger partial charge in [-0.2, -0.15) is 8.90 Å². The first-order valence-corrected chi connectivity index (χ1v) is 19.9. The molecule has 3 aliphatic rings. The molecule has 4 aromatic carbocycles. The fraction of sp³-hybridized carbons (Fsp3) is 0.263. The van der Waals surface area contributed by atoms with Crippen LogP contribution in [0.4, 0.5) is 10.5 Å². The Morgan fingerprint density at radius 1 is 1.10 bits per heavy atom. The highest BCUT2D eigenvalue weighted by atomic mass is 35.5. The number of rotatable bonds is 13. The van der Waals surface area contributed by atoms with Gasteiger partial charge in [0.2, 0.25) is 5.52 Å². The van der Waals surface area contributed by atoms with Crippen LogP contribution in [0.2, 0.25) is 5.02 Å². The van der Waals surface area contributed by atoms with Crippen LogP contribution in [0, 0.1) is 0 Å². The lowest BCUT2D eigenvalue weighted by Crippen LogP contribution is -2.73. The van der Waals surface area contributed by atoms with Crippen molar-refractivity contribution in [1.29, 1.82) is 0 Å². The van der Waals surface area contributed by atoms with Crippen LogP contribution >= 0.6 is 46.7 Å². The van der Waals surface area contributed by atoms with E-state index in [-0.39, 0.29) is 6.61 Å². The Bertz CT molecular complexity index is 2140. The van der Waals surface area contributed by atoms with Gasteiger partial charge < -0.3 is 15.3 Å². The molecule has 268 valence electrons. The molecule has 2 saturated heterocycles. The number of hydroxylamine groups is 1. The summed E-state index contributed by atoms with van der Waals surface area (Å²) >= 11 is 11.2. The van der Waals surface area contributed by atoms with Crippen LogP contribution in [0.25, 0.3) is 27.4 Å². The third-order valence-electron chi connectivity index (χ3n) is 10.1. The SMILES string of the molecule is CC1(CCNC(=O)OCc2ccccc2)ONC12C[N+]21C(=Cc2sc3ccc(-c4ccccc4)cc3[n+]2CCCSOO[O-])Sc2ccc(Cl)cc21. The van der Waals surface area contributed by atoms with E-state index in [1.54, 1.807) is 23.1 Å². The Labute approximate surface area is 318 Å². The van der Waals surface area contributed by atoms with E-state index >= 15 is 0 Å². The average Bonchev–Trinajstić information content (AvgIpc) is 3.70. The van der Waals surface area contributed by atoms with E-state index in [1.807, 2.05) is 42.5 Å². The lowest BCUT2D eigenvalue weighted by molar-refractivity contribution is -0.777. The fourth-order valence-electron chi connectivity index (χ4n) is 7.34. The molecule has 0 bridgehead atoms. The van der Waals surface area contributed by atoms with Gasteiger partial charge in [0, 0.05) is 54.3 Å². The lowest BCUT2D eigenvalue weighted by Gasteiger charge is -2.46. The first-order valence-electron chi connectivity index (χ1n) is 16.9. The molecule has 0 aliphatic carbocycles. The van der Waals surface area contributed by atoms with Crippen LogP contribution in [0.3, 0.4) is 0 Å². The molecule has 5 aromatic rings. The number of benzene rings is 4. The smallest absolute Gasteiger partial charge is 0.407 e. The molecule has 1 aromatic heterocycles. The number of thioether (sulfide) groups is 1. The van der Waals surface area contributed by atoms with Crippen molar-refractivity contribution in [2.75, 3.05) is 18.8 Å². The van der Waals surface area contributed by atoms with Gasteiger partial charge in [-0.1, -0.05) is 89.7 Å². The number of hydrogen-bond acceptors (Lipinski definition) is 10. The molecule has 14 heteroatoms. The zero-order valence-electron chi connectivity index (χ0n) is 28.2. The maximum Gasteiger partial charge on any atom is 0.407 e. The minimum atomic E-state index is -0.592. The standard InChI is InChI=1S/C38H35ClN4O6S3/c1-37(17-18-40-36(44)46-24-26-9-4-2-5-10-26)38(41-47-37)25-43(38)31-22-29(39)14-16-33(31)52-35(43)23-34-42(19-8-20-50-49-48-45)30-21-28(13-15-32(30)51-34)27-11-6-3-7-12-27/h2-7,9-16,21-23,41H,8,17-20,24-25H2,1H3/p+1. The summed E-state index contributed by atoms with van der Waals surface area (Å²) in [7, 11) is 0. The number of aryl methyl sites for hydroxylation is 1. The van der Waals surface area contributed by atoms with Crippen molar-refractivity contribution in [2.45, 2.75) is 49.1 Å². The van der Waals surface area contributed by atoms with Crippen molar-refractivity contribution in [3.63, 3.8) is 0 Å². The van der Waals surface area contributed by atoms with Gasteiger partial charge >= 0.3 is 6.09 Å². The Morgan fingerprint density at radius 3 is 2.67 bits per heavy atom. The van der Waals surface area contributed by atoms with Crippen molar-refractivity contribution in [2.24, 2.45) is 0 Å². The first-order chi connectivity index (χ1) is 25.4. The lowest BCUT2D eigenvalue weighted by atomic mass is 9.89. The number of halogens is 1. The molecule has 2 fully saturated rings. The molecule has 4 heterocycles. The van der Waals surface area contributed by atoms with E-state index in [1.165, 1.54) is 4.70 Å². The van der Waals surface area contributed by atoms with Gasteiger partial charge in [-0.15, -0.1) is 5.48 Å². The second-order valence-electron chi connectivity index (χ2n) is 13.2. The average molecular weight is 776 g/mol. The molecule has 0 saturated carbocycles. The number of nitrogens with one attached hydrogen (secondary N) is 2. The molecule has 3 unspecified atom stereocenters. The van der Waals surface area contributed by atoms with Crippen LogP contribution in [-0.4, -0.2) is 36.2 Å². The molecular formula is C38H36ClN4O6S3+. The normalized spacial score (nSPS) is 23.6. The number of carbonyl (C=O) groups excluding carboxylic acids is 1. The monoisotopic (exact) mass is 775 g/mol. The van der Waals surface area contributed by atoms with Crippen LogP contribution in [-0.2, 0) is 32.1 Å². The third kappa shape index (κ3) is 6.42. The highest BCUT2D eigenvalue weighted by molar-refractivity contribution is 8.03. The largest absolute Gasteiger partial charge is 0.691 e. The Balaban J connectivity index is 1.09. The summed E-state index contributed by atoms with van der Waals surface area (Å²) in [5, 5.41) is 19.8. The van der Waals surface area contributed by atoms with Crippen molar-refractivity contribution in [3.8, 4) is 11.1 Å². The van der Waals surface area contributed by atoms with Crippen LogP contribution < -0.4 is 25.1 Å². The summed E-state index contributed by atoms with van der Waals surface area (Å²) in [5.74, 6) is 0.593. The molecular weight excluding hydrogens is 740 g/mol. The topological polar surface area (TPSA) is 105 Å². The first kappa shape index (κ1) is 35.6. The number of thiazole rings is 1. The van der Waals surface area contributed by atoms with Gasteiger partial charge in [0.05, 0.1) is 11.0 Å². The second-order valence-corrected chi connectivity index (χ2v) is 16.5. The van der Waals surface area contributed by atoms with Gasteiger partial charge in [0.15, 0.2) is 29.4 Å². The van der Waals surface area contributed by atoms with Gasteiger partial charge in [0.25, 0.3) is 10.7 Å². The minimum absolute atomic E-state index is 0.210. The third-order valence-corrected chi connectivity index (χ3v) is 13.3. The molecule has 3 atom stereocenters. The van der Waals surface area contributed by atoms with Crippen molar-refractivity contribution >= 4 is 74.8 Å². The van der Waals surface area contributed by atoms with E-state index in [4.69, 9.17) is 21.2 Å². The summed E-state index contributed by atoms with van der Waals surface area (Å²) in [5.41, 5.74) is 7.83. The molecule has 3 aliphatic heterocycles. The quantitative estimate of drug-likeness (QED) is 0.0239. The van der Waals surface area contributed by atoms with Crippen LogP contribution in [0.5, 0.6) is 0 Å².